The number of aromatic nitrogens is 2. The third-order valence-electron chi connectivity index (χ3n) is 5.75. The molecular weight excluding hydrogens is 312 g/mol. The maximum atomic E-state index is 13.2. The first-order chi connectivity index (χ1) is 12.2. The number of piperidine rings is 1. The van der Waals surface area contributed by atoms with E-state index in [9.17, 15) is 4.79 Å². The summed E-state index contributed by atoms with van der Waals surface area (Å²) < 4.78 is 1.88. The summed E-state index contributed by atoms with van der Waals surface area (Å²) in [7, 11) is 0. The van der Waals surface area contributed by atoms with Gasteiger partial charge in [-0.15, -0.1) is 0 Å². The molecule has 2 aliphatic rings. The Morgan fingerprint density at radius 2 is 1.88 bits per heavy atom. The molecule has 2 aromatic heterocycles. The van der Waals surface area contributed by atoms with Crippen LogP contribution in [0.4, 0.5) is 0 Å². The highest BCUT2D eigenvalue weighted by molar-refractivity contribution is 6.02. The fourth-order valence-electron chi connectivity index (χ4n) is 4.29. The van der Waals surface area contributed by atoms with Gasteiger partial charge in [-0.2, -0.15) is 5.10 Å². The molecule has 2 aliphatic heterocycles. The molecule has 0 saturated carbocycles. The zero-order valence-electron chi connectivity index (χ0n) is 15.1. The van der Waals surface area contributed by atoms with Gasteiger partial charge in [0.15, 0.2) is 0 Å². The number of nitrogens with one attached hydrogen (secondary N) is 1. The summed E-state index contributed by atoms with van der Waals surface area (Å²) in [5, 5.41) is 8.02. The Bertz CT molecular complexity index is 752. The minimum absolute atomic E-state index is 0.164. The number of pyridine rings is 1. The van der Waals surface area contributed by atoms with Crippen LogP contribution >= 0.6 is 0 Å². The van der Waals surface area contributed by atoms with Crippen LogP contribution in [0.3, 0.4) is 0 Å². The van der Waals surface area contributed by atoms with Gasteiger partial charge in [0.05, 0.1) is 16.8 Å². The van der Waals surface area contributed by atoms with E-state index in [0.717, 1.165) is 55.8 Å². The van der Waals surface area contributed by atoms with Crippen molar-refractivity contribution in [2.75, 3.05) is 26.2 Å². The standard InChI is InChI=1S/C20H28N4O/c1-15-19(20(25)23-11-4-2-3-5-12-23)18-14-17(8-13-24(18)22-15)16-6-9-21-10-7-16/h8,13-14,16,21H,2-7,9-12H2,1H3. The summed E-state index contributed by atoms with van der Waals surface area (Å²) in [6, 6.07) is 4.39. The molecule has 1 N–H and O–H groups in total. The van der Waals surface area contributed by atoms with E-state index in [1.807, 2.05) is 22.5 Å². The molecule has 4 rings (SSSR count). The van der Waals surface area contributed by atoms with Gasteiger partial charge in [-0.3, -0.25) is 4.79 Å². The number of aryl methyl sites for hydroxylation is 1. The normalized spacial score (nSPS) is 20.0. The third kappa shape index (κ3) is 3.30. The van der Waals surface area contributed by atoms with Gasteiger partial charge in [0.1, 0.15) is 0 Å². The quantitative estimate of drug-likeness (QED) is 0.914. The third-order valence-corrected chi connectivity index (χ3v) is 5.75. The van der Waals surface area contributed by atoms with Crippen molar-refractivity contribution in [2.24, 2.45) is 0 Å². The Kier molecular flexibility index (Phi) is 4.75. The van der Waals surface area contributed by atoms with Crippen LogP contribution in [-0.2, 0) is 0 Å². The molecule has 2 fully saturated rings. The molecule has 2 aromatic rings. The van der Waals surface area contributed by atoms with Gasteiger partial charge in [-0.25, -0.2) is 4.52 Å². The highest BCUT2D eigenvalue weighted by Gasteiger charge is 2.24. The summed E-state index contributed by atoms with van der Waals surface area (Å²) in [6.07, 6.45) is 9.06. The van der Waals surface area contributed by atoms with Crippen molar-refractivity contribution in [1.82, 2.24) is 19.8 Å². The van der Waals surface area contributed by atoms with Gasteiger partial charge in [-0.05, 0) is 69.3 Å². The zero-order chi connectivity index (χ0) is 17.2. The highest BCUT2D eigenvalue weighted by atomic mass is 16.2. The summed E-state index contributed by atoms with van der Waals surface area (Å²) in [5.41, 5.74) is 3.97. The minimum atomic E-state index is 0.164. The first-order valence-corrected chi connectivity index (χ1v) is 9.73. The van der Waals surface area contributed by atoms with Crippen LogP contribution in [0.15, 0.2) is 18.3 Å². The minimum Gasteiger partial charge on any atom is -0.339 e. The number of hydrogen-bond donors (Lipinski definition) is 1. The van der Waals surface area contributed by atoms with E-state index in [1.54, 1.807) is 0 Å². The van der Waals surface area contributed by atoms with Crippen molar-refractivity contribution in [2.45, 2.75) is 51.4 Å². The molecule has 0 radical (unpaired) electrons. The van der Waals surface area contributed by atoms with Crippen LogP contribution in [0.2, 0.25) is 0 Å². The second-order valence-electron chi connectivity index (χ2n) is 7.48. The lowest BCUT2D eigenvalue weighted by atomic mass is 9.90. The maximum Gasteiger partial charge on any atom is 0.257 e. The molecule has 0 aliphatic carbocycles. The van der Waals surface area contributed by atoms with E-state index in [4.69, 9.17) is 0 Å². The fourth-order valence-corrected chi connectivity index (χ4v) is 4.29. The smallest absolute Gasteiger partial charge is 0.257 e. The average Bonchev–Trinajstić information content (AvgIpc) is 2.81. The number of likely N-dealkylation sites (tertiary alicyclic amines) is 1. The molecule has 134 valence electrons. The molecule has 2 saturated heterocycles. The largest absolute Gasteiger partial charge is 0.339 e. The summed E-state index contributed by atoms with van der Waals surface area (Å²) >= 11 is 0. The molecule has 4 heterocycles. The highest BCUT2D eigenvalue weighted by Crippen LogP contribution is 2.28. The number of nitrogens with zero attached hydrogens (tertiary/aromatic N) is 3. The van der Waals surface area contributed by atoms with Gasteiger partial charge >= 0.3 is 0 Å². The SMILES string of the molecule is Cc1nn2ccc(C3CCNCC3)cc2c1C(=O)N1CCCCCC1. The molecule has 5 nitrogen and oxygen atoms in total. The van der Waals surface area contributed by atoms with Gasteiger partial charge in [0.2, 0.25) is 0 Å². The molecule has 0 aromatic carbocycles. The van der Waals surface area contributed by atoms with E-state index in [0.29, 0.717) is 5.92 Å². The molecular formula is C20H28N4O. The molecule has 0 spiro atoms. The average molecular weight is 340 g/mol. The lowest BCUT2D eigenvalue weighted by Crippen LogP contribution is -2.32. The number of hydrogen-bond acceptors (Lipinski definition) is 3. The Morgan fingerprint density at radius 1 is 1.16 bits per heavy atom. The summed E-state index contributed by atoms with van der Waals surface area (Å²) in [4.78, 5) is 15.2. The molecule has 5 heteroatoms. The lowest BCUT2D eigenvalue weighted by Gasteiger charge is -2.23. The van der Waals surface area contributed by atoms with E-state index < -0.39 is 0 Å². The number of carbonyl (C=O) groups is 1. The van der Waals surface area contributed by atoms with E-state index >= 15 is 0 Å². The molecule has 1 amide bonds. The van der Waals surface area contributed by atoms with E-state index in [2.05, 4.69) is 22.5 Å². The van der Waals surface area contributed by atoms with Crippen LogP contribution in [-0.4, -0.2) is 46.6 Å². The second kappa shape index (κ2) is 7.16. The van der Waals surface area contributed by atoms with Crippen LogP contribution in [0, 0.1) is 6.92 Å². The fraction of sp³-hybridized carbons (Fsp3) is 0.600. The van der Waals surface area contributed by atoms with Crippen molar-refractivity contribution in [3.63, 3.8) is 0 Å². The van der Waals surface area contributed by atoms with Gasteiger partial charge in [-0.1, -0.05) is 12.8 Å². The maximum absolute atomic E-state index is 13.2. The van der Waals surface area contributed by atoms with Crippen molar-refractivity contribution >= 4 is 11.4 Å². The van der Waals surface area contributed by atoms with Crippen LogP contribution < -0.4 is 5.32 Å². The van der Waals surface area contributed by atoms with Crippen LogP contribution in [0.5, 0.6) is 0 Å². The van der Waals surface area contributed by atoms with Crippen molar-refractivity contribution in [3.05, 3.63) is 35.2 Å². The van der Waals surface area contributed by atoms with Gasteiger partial charge < -0.3 is 10.2 Å². The second-order valence-corrected chi connectivity index (χ2v) is 7.48. The monoisotopic (exact) mass is 340 g/mol. The predicted molar refractivity (Wildman–Crippen MR) is 99.1 cm³/mol. The van der Waals surface area contributed by atoms with Crippen LogP contribution in [0.25, 0.3) is 5.52 Å². The zero-order valence-corrected chi connectivity index (χ0v) is 15.1. The number of fused-ring (bicyclic) bond motifs is 1. The topological polar surface area (TPSA) is 49.6 Å². The van der Waals surface area contributed by atoms with Gasteiger partial charge in [0, 0.05) is 19.3 Å². The first kappa shape index (κ1) is 16.6. The molecule has 0 bridgehead atoms. The summed E-state index contributed by atoms with van der Waals surface area (Å²) in [6.45, 7) is 5.87. The summed E-state index contributed by atoms with van der Waals surface area (Å²) in [5.74, 6) is 0.749. The van der Waals surface area contributed by atoms with Crippen molar-refractivity contribution in [3.8, 4) is 0 Å². The number of amides is 1. The Labute approximate surface area is 149 Å². The van der Waals surface area contributed by atoms with Crippen molar-refractivity contribution < 1.29 is 4.79 Å². The van der Waals surface area contributed by atoms with Crippen LogP contribution in [0.1, 0.15) is 66.1 Å². The molecule has 25 heavy (non-hydrogen) atoms. The van der Waals surface area contributed by atoms with E-state index in [1.165, 1.54) is 31.2 Å². The van der Waals surface area contributed by atoms with Crippen molar-refractivity contribution in [1.29, 1.82) is 0 Å². The van der Waals surface area contributed by atoms with Gasteiger partial charge in [0.25, 0.3) is 5.91 Å². The number of rotatable bonds is 2. The van der Waals surface area contributed by atoms with E-state index in [-0.39, 0.29) is 5.91 Å². The lowest BCUT2D eigenvalue weighted by molar-refractivity contribution is 0.0763. The molecule has 0 unspecified atom stereocenters. The Balaban J connectivity index is 1.69. The molecule has 0 atom stereocenters. The number of carbonyl (C=O) groups excluding carboxylic acids is 1. The Hall–Kier alpha value is -1.88. The Morgan fingerprint density at radius 3 is 2.60 bits per heavy atom. The predicted octanol–water partition coefficient (Wildman–Crippen LogP) is 3.13. The first-order valence-electron chi connectivity index (χ1n) is 9.73.